The molecule has 6 heteroatoms. The van der Waals surface area contributed by atoms with E-state index in [0.29, 0.717) is 45.1 Å². The van der Waals surface area contributed by atoms with E-state index in [4.69, 9.17) is 0 Å². The van der Waals surface area contributed by atoms with Crippen LogP contribution in [0.3, 0.4) is 0 Å². The second kappa shape index (κ2) is 11.3. The van der Waals surface area contributed by atoms with Crippen LogP contribution in [0.2, 0.25) is 0 Å². The molecule has 6 nitrogen and oxygen atoms in total. The van der Waals surface area contributed by atoms with Crippen LogP contribution in [-0.2, 0) is 14.4 Å². The first-order chi connectivity index (χ1) is 9.51. The molecule has 2 N–H and O–H groups in total. The highest BCUT2D eigenvalue weighted by Crippen LogP contribution is 2.01. The van der Waals surface area contributed by atoms with Gasteiger partial charge in [-0.3, -0.25) is 9.59 Å². The van der Waals surface area contributed by atoms with Crippen molar-refractivity contribution in [2.75, 3.05) is 6.54 Å². The van der Waals surface area contributed by atoms with Crippen molar-refractivity contribution < 1.29 is 19.5 Å². The summed E-state index contributed by atoms with van der Waals surface area (Å²) in [5.74, 6) is -1.51. The molecule has 0 saturated carbocycles. The van der Waals surface area contributed by atoms with E-state index >= 15 is 0 Å². The fraction of sp³-hybridized carbons (Fsp3) is 0.786. The van der Waals surface area contributed by atoms with Crippen LogP contribution in [0.15, 0.2) is 0 Å². The van der Waals surface area contributed by atoms with Gasteiger partial charge in [-0.15, -0.1) is 0 Å². The Morgan fingerprint density at radius 3 is 2.15 bits per heavy atom. The van der Waals surface area contributed by atoms with Crippen LogP contribution in [0.1, 0.15) is 58.8 Å². The quantitative estimate of drug-likeness (QED) is 0.526. The van der Waals surface area contributed by atoms with Crippen molar-refractivity contribution in [1.29, 1.82) is 0 Å². The normalized spacial score (nSPS) is 11.7. The zero-order chi connectivity index (χ0) is 15.4. The number of carboxylic acids is 1. The van der Waals surface area contributed by atoms with Crippen molar-refractivity contribution in [3.63, 3.8) is 0 Å². The summed E-state index contributed by atoms with van der Waals surface area (Å²) in [7, 11) is 0. The van der Waals surface area contributed by atoms with Crippen LogP contribution in [0.5, 0.6) is 0 Å². The molecule has 0 fully saturated rings. The summed E-state index contributed by atoms with van der Waals surface area (Å²) in [6.07, 6.45) is 3.92. The number of unbranched alkanes of at least 4 members (excludes halogenated alkanes) is 1. The molecule has 0 heterocycles. The zero-order valence-electron chi connectivity index (χ0n) is 12.4. The van der Waals surface area contributed by atoms with E-state index in [-0.39, 0.29) is 11.8 Å². The number of carbonyl (C=O) groups is 3. The van der Waals surface area contributed by atoms with Crippen LogP contribution in [-0.4, -0.2) is 30.4 Å². The second-order valence-corrected chi connectivity index (χ2v) is 4.78. The number of hydrogen-bond acceptors (Lipinski definition) is 4. The van der Waals surface area contributed by atoms with Crippen LogP contribution < -0.4 is 15.7 Å². The van der Waals surface area contributed by atoms with Crippen LogP contribution in [0.4, 0.5) is 0 Å². The lowest BCUT2D eigenvalue weighted by atomic mass is 10.1. The largest absolute Gasteiger partial charge is 0.548 e. The van der Waals surface area contributed by atoms with E-state index in [1.165, 1.54) is 0 Å². The molecule has 0 radical (unpaired) electrons. The Kier molecular flexibility index (Phi) is 10.4. The molecule has 0 aromatic carbocycles. The van der Waals surface area contributed by atoms with Crippen molar-refractivity contribution in [2.24, 2.45) is 0 Å². The number of nitrogens with one attached hydrogen (secondary N) is 2. The van der Waals surface area contributed by atoms with E-state index in [1.54, 1.807) is 0 Å². The first kappa shape index (κ1) is 18.4. The summed E-state index contributed by atoms with van der Waals surface area (Å²) in [5.41, 5.74) is 0. The van der Waals surface area contributed by atoms with Crippen molar-refractivity contribution in [2.45, 2.75) is 64.8 Å². The Morgan fingerprint density at radius 1 is 1.00 bits per heavy atom. The van der Waals surface area contributed by atoms with Gasteiger partial charge in [-0.2, -0.15) is 0 Å². The maximum absolute atomic E-state index is 11.3. The standard InChI is InChI=1S/C14H26N2O4/c1-3-7-12(17)15-10-6-5-9-11(14(19)20)16-13(18)8-4-2/h11H,3-10H2,1-2H3,(H,15,17)(H,16,18)(H,19,20)/p-1. The van der Waals surface area contributed by atoms with Crippen LogP contribution in [0, 0.1) is 0 Å². The zero-order valence-corrected chi connectivity index (χ0v) is 12.4. The minimum Gasteiger partial charge on any atom is -0.548 e. The highest BCUT2D eigenvalue weighted by molar-refractivity contribution is 5.82. The third-order valence-electron chi connectivity index (χ3n) is 2.82. The third kappa shape index (κ3) is 9.35. The Bertz CT molecular complexity index is 318. The lowest BCUT2D eigenvalue weighted by Gasteiger charge is -2.19. The van der Waals surface area contributed by atoms with E-state index in [9.17, 15) is 19.5 Å². The lowest BCUT2D eigenvalue weighted by Crippen LogP contribution is -2.47. The Hall–Kier alpha value is -1.59. The topological polar surface area (TPSA) is 98.3 Å². The molecule has 0 aliphatic rings. The van der Waals surface area contributed by atoms with Crippen molar-refractivity contribution >= 4 is 17.8 Å². The number of rotatable bonds is 11. The number of hydrogen-bond donors (Lipinski definition) is 2. The molecule has 116 valence electrons. The third-order valence-corrected chi connectivity index (χ3v) is 2.82. The molecular formula is C14H25N2O4-. The maximum atomic E-state index is 11.3. The van der Waals surface area contributed by atoms with Gasteiger partial charge in [-0.05, 0) is 32.1 Å². The lowest BCUT2D eigenvalue weighted by molar-refractivity contribution is -0.308. The van der Waals surface area contributed by atoms with Crippen LogP contribution >= 0.6 is 0 Å². The summed E-state index contributed by atoms with van der Waals surface area (Å²) >= 11 is 0. The number of carboxylic acid groups (broad SMARTS) is 1. The molecule has 0 aliphatic heterocycles. The molecule has 20 heavy (non-hydrogen) atoms. The predicted octanol–water partition coefficient (Wildman–Crippen LogP) is 0.108. The van der Waals surface area contributed by atoms with Crippen LogP contribution in [0.25, 0.3) is 0 Å². The van der Waals surface area contributed by atoms with E-state index in [1.807, 2.05) is 13.8 Å². The van der Waals surface area contributed by atoms with E-state index < -0.39 is 12.0 Å². The molecule has 0 aliphatic carbocycles. The fourth-order valence-electron chi connectivity index (χ4n) is 1.76. The highest BCUT2D eigenvalue weighted by atomic mass is 16.4. The molecule has 0 aromatic heterocycles. The van der Waals surface area contributed by atoms with Gasteiger partial charge >= 0.3 is 0 Å². The smallest absolute Gasteiger partial charge is 0.220 e. The minimum atomic E-state index is -1.26. The predicted molar refractivity (Wildman–Crippen MR) is 73.6 cm³/mol. The van der Waals surface area contributed by atoms with Gasteiger partial charge in [-0.25, -0.2) is 0 Å². The van der Waals surface area contributed by atoms with Crippen molar-refractivity contribution in [3.05, 3.63) is 0 Å². The second-order valence-electron chi connectivity index (χ2n) is 4.78. The van der Waals surface area contributed by atoms with E-state index in [0.717, 1.165) is 6.42 Å². The summed E-state index contributed by atoms with van der Waals surface area (Å²) in [6.45, 7) is 4.32. The van der Waals surface area contributed by atoms with Gasteiger partial charge < -0.3 is 20.5 Å². The minimum absolute atomic E-state index is 0.0141. The van der Waals surface area contributed by atoms with Gasteiger partial charge in [0.1, 0.15) is 0 Å². The molecule has 0 spiro atoms. The molecule has 0 bridgehead atoms. The Balaban J connectivity index is 3.84. The van der Waals surface area contributed by atoms with Gasteiger partial charge in [0.25, 0.3) is 0 Å². The van der Waals surface area contributed by atoms with Crippen molar-refractivity contribution in [3.8, 4) is 0 Å². The highest BCUT2D eigenvalue weighted by Gasteiger charge is 2.12. The molecular weight excluding hydrogens is 260 g/mol. The van der Waals surface area contributed by atoms with Gasteiger partial charge in [0, 0.05) is 19.4 Å². The molecule has 1 unspecified atom stereocenters. The van der Waals surface area contributed by atoms with E-state index in [2.05, 4.69) is 10.6 Å². The summed E-state index contributed by atoms with van der Waals surface area (Å²) < 4.78 is 0. The summed E-state index contributed by atoms with van der Waals surface area (Å²) in [4.78, 5) is 33.4. The van der Waals surface area contributed by atoms with Gasteiger partial charge in [0.2, 0.25) is 11.8 Å². The van der Waals surface area contributed by atoms with Gasteiger partial charge in [-0.1, -0.05) is 13.8 Å². The molecule has 1 atom stereocenters. The molecule has 0 saturated heterocycles. The Morgan fingerprint density at radius 2 is 1.60 bits per heavy atom. The van der Waals surface area contributed by atoms with Gasteiger partial charge in [0.05, 0.1) is 12.0 Å². The summed E-state index contributed by atoms with van der Waals surface area (Å²) in [6, 6.07) is -0.944. The average molecular weight is 285 g/mol. The molecule has 0 rings (SSSR count). The molecule has 0 aromatic rings. The average Bonchev–Trinajstić information content (AvgIpc) is 2.37. The number of amides is 2. The van der Waals surface area contributed by atoms with Crippen molar-refractivity contribution in [1.82, 2.24) is 10.6 Å². The maximum Gasteiger partial charge on any atom is 0.220 e. The molecule has 2 amide bonds. The number of carbonyl (C=O) groups excluding carboxylic acids is 3. The van der Waals surface area contributed by atoms with Gasteiger partial charge in [0.15, 0.2) is 0 Å². The number of aliphatic carboxylic acids is 1. The fourth-order valence-corrected chi connectivity index (χ4v) is 1.76. The SMILES string of the molecule is CCCC(=O)NCCCCC(NC(=O)CCC)C(=O)[O-]. The summed E-state index contributed by atoms with van der Waals surface area (Å²) in [5, 5.41) is 16.1. The Labute approximate surface area is 120 Å². The first-order valence-corrected chi connectivity index (χ1v) is 7.28. The first-order valence-electron chi connectivity index (χ1n) is 7.28. The monoisotopic (exact) mass is 285 g/mol.